The van der Waals surface area contributed by atoms with Gasteiger partial charge in [0.05, 0.1) is 0 Å². The number of nitrogens with zero attached hydrogens (tertiary/aromatic N) is 1. The molecule has 1 aromatic rings. The van der Waals surface area contributed by atoms with Crippen LogP contribution >= 0.6 is 0 Å². The Morgan fingerprint density at radius 3 is 2.48 bits per heavy atom. The minimum atomic E-state index is -0.496. The lowest BCUT2D eigenvalue weighted by Gasteiger charge is -2.19. The summed E-state index contributed by atoms with van der Waals surface area (Å²) >= 11 is 0. The molecule has 140 valence electrons. The minimum absolute atomic E-state index is 0.213. The number of carbonyl (C=O) groups excluding carboxylic acids is 1. The summed E-state index contributed by atoms with van der Waals surface area (Å²) in [5.41, 5.74) is 0.977. The van der Waals surface area contributed by atoms with Gasteiger partial charge in [-0.1, -0.05) is 12.1 Å². The van der Waals surface area contributed by atoms with Crippen LogP contribution in [0.5, 0.6) is 0 Å². The molecular formula is C18H29FN4O2. The largest absolute Gasteiger partial charge is 0.444 e. The maximum Gasteiger partial charge on any atom is 0.407 e. The van der Waals surface area contributed by atoms with Gasteiger partial charge in [-0.05, 0) is 51.3 Å². The van der Waals surface area contributed by atoms with Crippen LogP contribution in [0.1, 0.15) is 38.3 Å². The number of benzene rings is 1. The van der Waals surface area contributed by atoms with Crippen LogP contribution in [0, 0.1) is 12.7 Å². The lowest BCUT2D eigenvalue weighted by molar-refractivity contribution is 0.0527. The van der Waals surface area contributed by atoms with Crippen LogP contribution in [0.25, 0.3) is 0 Å². The highest BCUT2D eigenvalue weighted by molar-refractivity contribution is 5.79. The first-order valence-corrected chi connectivity index (χ1v) is 8.37. The molecule has 6 nitrogen and oxygen atoms in total. The molecule has 1 amide bonds. The molecule has 7 heteroatoms. The Bertz CT molecular complexity index is 597. The Labute approximate surface area is 149 Å². The maximum absolute atomic E-state index is 13.5. The summed E-state index contributed by atoms with van der Waals surface area (Å²) in [6.45, 7) is 8.82. The Balaban J connectivity index is 2.24. The van der Waals surface area contributed by atoms with Crippen LogP contribution in [-0.4, -0.2) is 37.8 Å². The number of hydrogen-bond donors (Lipinski definition) is 3. The summed E-state index contributed by atoms with van der Waals surface area (Å²) in [5.74, 6) is 0.411. The molecule has 0 bridgehead atoms. The normalized spacial score (nSPS) is 11.8. The Morgan fingerprint density at radius 1 is 1.20 bits per heavy atom. The van der Waals surface area contributed by atoms with Crippen molar-refractivity contribution in [1.82, 2.24) is 16.0 Å². The van der Waals surface area contributed by atoms with E-state index < -0.39 is 11.7 Å². The van der Waals surface area contributed by atoms with Gasteiger partial charge in [-0.15, -0.1) is 0 Å². The molecule has 0 fully saturated rings. The highest BCUT2D eigenvalue weighted by Gasteiger charge is 2.15. The second kappa shape index (κ2) is 9.86. The number of alkyl carbamates (subject to hydrolysis) is 1. The van der Waals surface area contributed by atoms with E-state index in [1.165, 1.54) is 6.07 Å². The number of aryl methyl sites for hydroxylation is 1. The van der Waals surface area contributed by atoms with Gasteiger partial charge >= 0.3 is 6.09 Å². The number of carbonyl (C=O) groups is 1. The predicted octanol–water partition coefficient (Wildman–Crippen LogP) is 2.71. The molecule has 0 atom stereocenters. The summed E-state index contributed by atoms with van der Waals surface area (Å²) in [5, 5.41) is 8.96. The molecule has 1 rings (SSSR count). The maximum atomic E-state index is 13.5. The van der Waals surface area contributed by atoms with E-state index in [1.807, 2.05) is 26.8 Å². The summed E-state index contributed by atoms with van der Waals surface area (Å²) in [6, 6.07) is 5.15. The van der Waals surface area contributed by atoms with E-state index in [9.17, 15) is 9.18 Å². The van der Waals surface area contributed by atoms with E-state index >= 15 is 0 Å². The first kappa shape index (κ1) is 20.7. The Hall–Kier alpha value is -2.31. The van der Waals surface area contributed by atoms with Crippen molar-refractivity contribution in [2.75, 3.05) is 20.1 Å². The zero-order valence-corrected chi connectivity index (χ0v) is 15.7. The van der Waals surface area contributed by atoms with Crippen LogP contribution in [0.2, 0.25) is 0 Å². The molecule has 0 aromatic heterocycles. The van der Waals surface area contributed by atoms with Gasteiger partial charge in [0.25, 0.3) is 0 Å². The van der Waals surface area contributed by atoms with Crippen LogP contribution in [0.4, 0.5) is 9.18 Å². The van der Waals surface area contributed by atoms with Crippen molar-refractivity contribution in [2.24, 2.45) is 4.99 Å². The van der Waals surface area contributed by atoms with Gasteiger partial charge in [-0.3, -0.25) is 4.99 Å². The van der Waals surface area contributed by atoms with E-state index in [-0.39, 0.29) is 5.82 Å². The fraction of sp³-hybridized carbons (Fsp3) is 0.556. The lowest BCUT2D eigenvalue weighted by Crippen LogP contribution is -2.39. The van der Waals surface area contributed by atoms with Gasteiger partial charge in [0.1, 0.15) is 11.4 Å². The molecule has 0 heterocycles. The third kappa shape index (κ3) is 8.93. The van der Waals surface area contributed by atoms with Crippen LogP contribution in [-0.2, 0) is 11.3 Å². The summed E-state index contributed by atoms with van der Waals surface area (Å²) < 4.78 is 18.7. The van der Waals surface area contributed by atoms with Crippen molar-refractivity contribution in [2.45, 2.75) is 46.3 Å². The molecule has 0 aliphatic rings. The molecular weight excluding hydrogens is 323 g/mol. The summed E-state index contributed by atoms with van der Waals surface area (Å²) in [4.78, 5) is 15.6. The number of ether oxygens (including phenoxy) is 1. The summed E-state index contributed by atoms with van der Waals surface area (Å²) in [7, 11) is 1.67. The topological polar surface area (TPSA) is 74.8 Å². The van der Waals surface area contributed by atoms with Crippen molar-refractivity contribution in [3.05, 3.63) is 35.1 Å². The Kier molecular flexibility index (Phi) is 8.18. The third-order valence-corrected chi connectivity index (χ3v) is 3.23. The zero-order chi connectivity index (χ0) is 18.9. The van der Waals surface area contributed by atoms with Gasteiger partial charge in [0.2, 0.25) is 0 Å². The summed E-state index contributed by atoms with van der Waals surface area (Å²) in [6.07, 6.45) is 0.301. The highest BCUT2D eigenvalue weighted by atomic mass is 19.1. The molecule has 25 heavy (non-hydrogen) atoms. The number of guanidine groups is 1. The molecule has 0 saturated heterocycles. The predicted molar refractivity (Wildman–Crippen MR) is 98.2 cm³/mol. The van der Waals surface area contributed by atoms with Gasteiger partial charge in [0, 0.05) is 26.7 Å². The van der Waals surface area contributed by atoms with Crippen molar-refractivity contribution in [3.8, 4) is 0 Å². The molecule has 0 aliphatic heterocycles. The SMILES string of the molecule is CN=C(NCCCNC(=O)OC(C)(C)C)NCc1ccc(C)c(F)c1. The van der Waals surface area contributed by atoms with Crippen molar-refractivity contribution in [3.63, 3.8) is 0 Å². The molecule has 0 spiro atoms. The van der Waals surface area contributed by atoms with Gasteiger partial charge < -0.3 is 20.7 Å². The quantitative estimate of drug-likeness (QED) is 0.418. The Morgan fingerprint density at radius 2 is 1.88 bits per heavy atom. The van der Waals surface area contributed by atoms with E-state index in [1.54, 1.807) is 20.0 Å². The molecule has 1 aromatic carbocycles. The van der Waals surface area contributed by atoms with E-state index in [4.69, 9.17) is 4.74 Å². The van der Waals surface area contributed by atoms with Crippen LogP contribution < -0.4 is 16.0 Å². The van der Waals surface area contributed by atoms with Gasteiger partial charge in [-0.25, -0.2) is 9.18 Å². The number of amides is 1. The second-order valence-electron chi connectivity index (χ2n) is 6.72. The van der Waals surface area contributed by atoms with Crippen LogP contribution in [0.15, 0.2) is 23.2 Å². The van der Waals surface area contributed by atoms with E-state index in [0.717, 1.165) is 12.0 Å². The third-order valence-electron chi connectivity index (χ3n) is 3.23. The number of halogens is 1. The zero-order valence-electron chi connectivity index (χ0n) is 15.7. The number of hydrogen-bond acceptors (Lipinski definition) is 3. The van der Waals surface area contributed by atoms with E-state index in [2.05, 4.69) is 20.9 Å². The fourth-order valence-corrected chi connectivity index (χ4v) is 1.95. The standard InChI is InChI=1S/C18H29FN4O2/c1-13-7-8-14(11-15(13)19)12-23-16(20-5)21-9-6-10-22-17(24)25-18(2,3)4/h7-8,11H,6,9-10,12H2,1-5H3,(H,22,24)(H2,20,21,23). The van der Waals surface area contributed by atoms with Crippen molar-refractivity contribution >= 4 is 12.1 Å². The second-order valence-corrected chi connectivity index (χ2v) is 6.72. The van der Waals surface area contributed by atoms with Crippen LogP contribution in [0.3, 0.4) is 0 Å². The highest BCUT2D eigenvalue weighted by Crippen LogP contribution is 2.08. The monoisotopic (exact) mass is 352 g/mol. The molecule has 3 N–H and O–H groups in total. The van der Waals surface area contributed by atoms with Crippen molar-refractivity contribution < 1.29 is 13.9 Å². The first-order valence-electron chi connectivity index (χ1n) is 8.37. The van der Waals surface area contributed by atoms with Gasteiger partial charge in [-0.2, -0.15) is 0 Å². The lowest BCUT2D eigenvalue weighted by atomic mass is 10.1. The number of rotatable bonds is 6. The molecule has 0 aliphatic carbocycles. The first-order chi connectivity index (χ1) is 11.7. The fourth-order valence-electron chi connectivity index (χ4n) is 1.95. The molecule has 0 saturated carbocycles. The van der Waals surface area contributed by atoms with E-state index in [0.29, 0.717) is 31.2 Å². The smallest absolute Gasteiger partial charge is 0.407 e. The van der Waals surface area contributed by atoms with Crippen molar-refractivity contribution in [1.29, 1.82) is 0 Å². The molecule has 0 unspecified atom stereocenters. The number of nitrogens with one attached hydrogen (secondary N) is 3. The average molecular weight is 352 g/mol. The molecule has 0 radical (unpaired) electrons. The minimum Gasteiger partial charge on any atom is -0.444 e. The average Bonchev–Trinajstić information content (AvgIpc) is 2.51. The number of aliphatic imine (C=N–C) groups is 1. The van der Waals surface area contributed by atoms with Gasteiger partial charge in [0.15, 0.2) is 5.96 Å².